The third-order valence-corrected chi connectivity index (χ3v) is 4.16. The van der Waals surface area contributed by atoms with Crippen molar-refractivity contribution in [2.75, 3.05) is 26.7 Å². The minimum absolute atomic E-state index is 0. The van der Waals surface area contributed by atoms with E-state index in [1.54, 1.807) is 0 Å². The smallest absolute Gasteiger partial charge is 0.260 e. The number of halogens is 2. The van der Waals surface area contributed by atoms with Crippen LogP contribution in [0.15, 0.2) is 18.2 Å². The van der Waals surface area contributed by atoms with Gasteiger partial charge < -0.3 is 15.0 Å². The molecule has 1 saturated heterocycles. The zero-order valence-corrected chi connectivity index (χ0v) is 14.0. The molecule has 1 aliphatic heterocycles. The van der Waals surface area contributed by atoms with E-state index in [-0.39, 0.29) is 24.9 Å². The number of piperidine rings is 1. The van der Waals surface area contributed by atoms with Crippen molar-refractivity contribution < 1.29 is 9.53 Å². The first-order valence-electron chi connectivity index (χ1n) is 6.94. The number of benzene rings is 1. The fourth-order valence-corrected chi connectivity index (χ4v) is 2.58. The Labute approximate surface area is 137 Å². The van der Waals surface area contributed by atoms with Crippen molar-refractivity contribution in [3.8, 4) is 5.75 Å². The van der Waals surface area contributed by atoms with E-state index < -0.39 is 0 Å². The predicted molar refractivity (Wildman–Crippen MR) is 87.6 cm³/mol. The van der Waals surface area contributed by atoms with E-state index in [0.29, 0.717) is 16.8 Å². The molecule has 118 valence electrons. The molecule has 1 heterocycles. The lowest BCUT2D eigenvalue weighted by atomic mass is 10.1. The molecule has 4 nitrogen and oxygen atoms in total. The average molecular weight is 333 g/mol. The molecule has 6 heteroatoms. The number of nitrogens with zero attached hydrogens (tertiary/aromatic N) is 1. The van der Waals surface area contributed by atoms with Gasteiger partial charge in [-0.3, -0.25) is 4.79 Å². The minimum Gasteiger partial charge on any atom is -0.483 e. The molecule has 1 unspecified atom stereocenters. The second kappa shape index (κ2) is 8.47. The van der Waals surface area contributed by atoms with Crippen LogP contribution in [0.5, 0.6) is 5.75 Å². The van der Waals surface area contributed by atoms with Crippen LogP contribution in [0.2, 0.25) is 5.02 Å². The third kappa shape index (κ3) is 4.77. The van der Waals surface area contributed by atoms with Crippen LogP contribution < -0.4 is 10.1 Å². The summed E-state index contributed by atoms with van der Waals surface area (Å²) in [6.45, 7) is 3.53. The highest BCUT2D eigenvalue weighted by molar-refractivity contribution is 6.31. The molecule has 1 amide bonds. The van der Waals surface area contributed by atoms with Gasteiger partial charge in [-0.15, -0.1) is 12.4 Å². The zero-order valence-electron chi connectivity index (χ0n) is 12.4. The highest BCUT2D eigenvalue weighted by atomic mass is 35.5. The summed E-state index contributed by atoms with van der Waals surface area (Å²) in [5.41, 5.74) is 0.869. The maximum atomic E-state index is 12.2. The van der Waals surface area contributed by atoms with E-state index in [9.17, 15) is 4.79 Å². The van der Waals surface area contributed by atoms with Gasteiger partial charge in [-0.25, -0.2) is 0 Å². The summed E-state index contributed by atoms with van der Waals surface area (Å²) < 4.78 is 5.61. The van der Waals surface area contributed by atoms with Gasteiger partial charge in [-0.05, 0) is 38.9 Å². The SMILES string of the molecule is CNC1CCCN(C(=O)COc2cccc(Cl)c2C)C1.Cl. The molecular formula is C15H22Cl2N2O2. The van der Waals surface area contributed by atoms with Gasteiger partial charge in [0.1, 0.15) is 5.75 Å². The molecule has 0 saturated carbocycles. The van der Waals surface area contributed by atoms with Crippen molar-refractivity contribution in [2.45, 2.75) is 25.8 Å². The lowest BCUT2D eigenvalue weighted by molar-refractivity contribution is -0.134. The molecule has 0 spiro atoms. The number of ether oxygens (including phenoxy) is 1. The largest absolute Gasteiger partial charge is 0.483 e. The summed E-state index contributed by atoms with van der Waals surface area (Å²) in [6, 6.07) is 5.86. The molecule has 0 bridgehead atoms. The number of rotatable bonds is 4. The lowest BCUT2D eigenvalue weighted by Gasteiger charge is -2.32. The van der Waals surface area contributed by atoms with Crippen LogP contribution in [0.25, 0.3) is 0 Å². The summed E-state index contributed by atoms with van der Waals surface area (Å²) >= 11 is 6.03. The third-order valence-electron chi connectivity index (χ3n) is 3.75. The van der Waals surface area contributed by atoms with Gasteiger partial charge in [0.15, 0.2) is 6.61 Å². The number of amides is 1. The number of nitrogens with one attached hydrogen (secondary N) is 1. The number of hydrogen-bond acceptors (Lipinski definition) is 3. The van der Waals surface area contributed by atoms with Gasteiger partial charge in [0, 0.05) is 29.7 Å². The van der Waals surface area contributed by atoms with Crippen molar-refractivity contribution in [3.05, 3.63) is 28.8 Å². The van der Waals surface area contributed by atoms with Crippen LogP contribution in [-0.4, -0.2) is 43.6 Å². The van der Waals surface area contributed by atoms with E-state index in [0.717, 1.165) is 31.5 Å². The molecule has 0 radical (unpaired) electrons. The number of likely N-dealkylation sites (tertiary alicyclic amines) is 1. The average Bonchev–Trinajstić information content (AvgIpc) is 2.48. The standard InChI is InChI=1S/C15H21ClN2O2.ClH/c1-11-13(16)6-3-7-14(11)20-10-15(19)18-8-4-5-12(9-18)17-2;/h3,6-7,12,17H,4-5,8-10H2,1-2H3;1H. The first-order valence-corrected chi connectivity index (χ1v) is 7.32. The molecule has 1 fully saturated rings. The molecule has 0 aliphatic carbocycles. The van der Waals surface area contributed by atoms with Crippen molar-refractivity contribution in [3.63, 3.8) is 0 Å². The molecule has 1 aromatic rings. The highest BCUT2D eigenvalue weighted by Gasteiger charge is 2.22. The van der Waals surface area contributed by atoms with Gasteiger partial charge in [0.25, 0.3) is 5.91 Å². The predicted octanol–water partition coefficient (Wildman–Crippen LogP) is 2.66. The quantitative estimate of drug-likeness (QED) is 0.921. The fourth-order valence-electron chi connectivity index (χ4n) is 2.41. The monoisotopic (exact) mass is 332 g/mol. The Balaban J connectivity index is 0.00000220. The Bertz CT molecular complexity index is 483. The second-order valence-electron chi connectivity index (χ2n) is 5.12. The molecule has 1 aliphatic rings. The summed E-state index contributed by atoms with van der Waals surface area (Å²) in [5, 5.41) is 3.88. The van der Waals surface area contributed by atoms with E-state index in [2.05, 4.69) is 5.32 Å². The number of carbonyl (C=O) groups is 1. The van der Waals surface area contributed by atoms with Crippen LogP contribution in [0.3, 0.4) is 0 Å². The fraction of sp³-hybridized carbons (Fsp3) is 0.533. The van der Waals surface area contributed by atoms with E-state index >= 15 is 0 Å². The summed E-state index contributed by atoms with van der Waals surface area (Å²) in [6.07, 6.45) is 2.15. The summed E-state index contributed by atoms with van der Waals surface area (Å²) in [5.74, 6) is 0.706. The van der Waals surface area contributed by atoms with Gasteiger partial charge in [-0.2, -0.15) is 0 Å². The first kappa shape index (κ1) is 18.1. The Morgan fingerprint density at radius 1 is 1.52 bits per heavy atom. The molecule has 0 aromatic heterocycles. The maximum Gasteiger partial charge on any atom is 0.260 e. The van der Waals surface area contributed by atoms with E-state index in [1.807, 2.05) is 37.1 Å². The summed E-state index contributed by atoms with van der Waals surface area (Å²) in [4.78, 5) is 14.0. The second-order valence-corrected chi connectivity index (χ2v) is 5.53. The Kier molecular flexibility index (Phi) is 7.29. The van der Waals surface area contributed by atoms with E-state index in [1.165, 1.54) is 0 Å². The summed E-state index contributed by atoms with van der Waals surface area (Å²) in [7, 11) is 1.93. The van der Waals surface area contributed by atoms with Gasteiger partial charge in [0.05, 0.1) is 0 Å². The Morgan fingerprint density at radius 2 is 2.29 bits per heavy atom. The topological polar surface area (TPSA) is 41.6 Å². The van der Waals surface area contributed by atoms with Crippen molar-refractivity contribution >= 4 is 29.9 Å². The lowest BCUT2D eigenvalue weighted by Crippen LogP contribution is -2.48. The molecule has 1 aromatic carbocycles. The van der Waals surface area contributed by atoms with E-state index in [4.69, 9.17) is 16.3 Å². The van der Waals surface area contributed by atoms with Crippen LogP contribution >= 0.6 is 24.0 Å². The van der Waals surface area contributed by atoms with Crippen LogP contribution in [-0.2, 0) is 4.79 Å². The number of carbonyl (C=O) groups excluding carboxylic acids is 1. The molecule has 21 heavy (non-hydrogen) atoms. The normalized spacial score (nSPS) is 18.0. The van der Waals surface area contributed by atoms with Crippen molar-refractivity contribution in [1.82, 2.24) is 10.2 Å². The van der Waals surface area contributed by atoms with Crippen LogP contribution in [0.4, 0.5) is 0 Å². The minimum atomic E-state index is 0. The Morgan fingerprint density at radius 3 is 3.00 bits per heavy atom. The highest BCUT2D eigenvalue weighted by Crippen LogP contribution is 2.25. The van der Waals surface area contributed by atoms with Crippen molar-refractivity contribution in [1.29, 1.82) is 0 Å². The first-order chi connectivity index (χ1) is 9.61. The van der Waals surface area contributed by atoms with Crippen LogP contribution in [0, 0.1) is 6.92 Å². The Hall–Kier alpha value is -0.970. The number of likely N-dealkylation sites (N-methyl/N-ethyl adjacent to an activating group) is 1. The zero-order chi connectivity index (χ0) is 14.5. The van der Waals surface area contributed by atoms with Crippen molar-refractivity contribution in [2.24, 2.45) is 0 Å². The maximum absolute atomic E-state index is 12.2. The van der Waals surface area contributed by atoms with Gasteiger partial charge in [0.2, 0.25) is 0 Å². The van der Waals surface area contributed by atoms with Crippen LogP contribution in [0.1, 0.15) is 18.4 Å². The van der Waals surface area contributed by atoms with Gasteiger partial charge >= 0.3 is 0 Å². The van der Waals surface area contributed by atoms with Gasteiger partial charge in [-0.1, -0.05) is 17.7 Å². The number of hydrogen-bond donors (Lipinski definition) is 1. The molecule has 1 atom stereocenters. The molecule has 1 N–H and O–H groups in total. The molecular weight excluding hydrogens is 311 g/mol. The molecule has 2 rings (SSSR count).